The first-order chi connectivity index (χ1) is 18.2. The molecule has 1 saturated carbocycles. The molecule has 2 aliphatic rings. The predicted molar refractivity (Wildman–Crippen MR) is 139 cm³/mol. The number of aliphatic hydroxyl groups is 1. The maximum absolute atomic E-state index is 13.5. The lowest BCUT2D eigenvalue weighted by atomic mass is 9.73. The summed E-state index contributed by atoms with van der Waals surface area (Å²) >= 11 is 6.29. The quantitative estimate of drug-likeness (QED) is 0.261. The summed E-state index contributed by atoms with van der Waals surface area (Å²) in [6, 6.07) is 6.99. The summed E-state index contributed by atoms with van der Waals surface area (Å²) < 4.78 is 7.82. The average Bonchev–Trinajstić information content (AvgIpc) is 3.55. The van der Waals surface area contributed by atoms with Crippen molar-refractivity contribution in [2.45, 2.75) is 70.8 Å². The van der Waals surface area contributed by atoms with E-state index >= 15 is 0 Å². The van der Waals surface area contributed by atoms with Gasteiger partial charge >= 0.3 is 5.97 Å². The van der Waals surface area contributed by atoms with Crippen LogP contribution in [0.1, 0.15) is 71.7 Å². The van der Waals surface area contributed by atoms with Crippen molar-refractivity contribution in [1.29, 1.82) is 0 Å². The van der Waals surface area contributed by atoms with E-state index in [2.05, 4.69) is 15.1 Å². The number of aromatic nitrogens is 4. The standard InChI is InChI=1S/C28H31ClN4O5/c1-16-11-17(2)33-27(30-16)31-25(32-33)13-21-23(35)14-28(38-26(21)37,19-5-3-4-6-19)10-9-18-7-8-20(22(29)12-18)24(36)15-34/h7-8,11-12,19,21,34H,3-6,9-10,13-15H2,1-2H3. The van der Waals surface area contributed by atoms with Gasteiger partial charge in [0.15, 0.2) is 17.4 Å². The highest BCUT2D eigenvalue weighted by Gasteiger charge is 2.51. The van der Waals surface area contributed by atoms with Gasteiger partial charge in [-0.2, -0.15) is 4.98 Å². The average molecular weight is 539 g/mol. The molecule has 10 heteroatoms. The minimum Gasteiger partial charge on any atom is -0.458 e. The van der Waals surface area contributed by atoms with Crippen LogP contribution in [0, 0.1) is 25.7 Å². The van der Waals surface area contributed by atoms with Crippen molar-refractivity contribution in [3.05, 3.63) is 57.6 Å². The minimum absolute atomic E-state index is 0.0796. The fourth-order valence-electron chi connectivity index (χ4n) is 5.94. The summed E-state index contributed by atoms with van der Waals surface area (Å²) in [5, 5.41) is 13.9. The Morgan fingerprint density at radius 2 is 1.95 bits per heavy atom. The molecule has 1 saturated heterocycles. The highest BCUT2D eigenvalue weighted by atomic mass is 35.5. The number of ether oxygens (including phenoxy) is 1. The summed E-state index contributed by atoms with van der Waals surface area (Å²) in [6.45, 7) is 3.17. The zero-order chi connectivity index (χ0) is 27.0. The molecular formula is C28H31ClN4O5. The Labute approximate surface area is 225 Å². The molecule has 2 aromatic heterocycles. The number of Topliss-reactive ketones (excluding diaryl/α,β-unsaturated/α-hetero) is 2. The monoisotopic (exact) mass is 538 g/mol. The summed E-state index contributed by atoms with van der Waals surface area (Å²) in [5.41, 5.74) is 1.97. The van der Waals surface area contributed by atoms with Crippen molar-refractivity contribution in [3.63, 3.8) is 0 Å². The Hall–Kier alpha value is -3.17. The Kier molecular flexibility index (Phi) is 7.33. The van der Waals surface area contributed by atoms with E-state index in [1.165, 1.54) is 0 Å². The van der Waals surface area contributed by atoms with Crippen LogP contribution in [0.3, 0.4) is 0 Å². The first kappa shape index (κ1) is 26.4. The largest absolute Gasteiger partial charge is 0.458 e. The van der Waals surface area contributed by atoms with Gasteiger partial charge in [0, 0.05) is 29.8 Å². The Morgan fingerprint density at radius 1 is 1.18 bits per heavy atom. The number of aliphatic hydroxyl groups excluding tert-OH is 1. The number of ketones is 2. The van der Waals surface area contributed by atoms with Crippen molar-refractivity contribution in [1.82, 2.24) is 19.6 Å². The first-order valence-corrected chi connectivity index (χ1v) is 13.4. The number of nitrogens with zero attached hydrogens (tertiary/aromatic N) is 4. The van der Waals surface area contributed by atoms with E-state index in [4.69, 9.17) is 21.4 Å². The van der Waals surface area contributed by atoms with Gasteiger partial charge in [-0.25, -0.2) is 9.50 Å². The molecule has 5 rings (SSSR count). The van der Waals surface area contributed by atoms with Crippen LogP contribution in [0.5, 0.6) is 0 Å². The Morgan fingerprint density at radius 3 is 2.63 bits per heavy atom. The second-order valence-corrected chi connectivity index (χ2v) is 10.9. The molecular weight excluding hydrogens is 508 g/mol. The van der Waals surface area contributed by atoms with Gasteiger partial charge in [-0.1, -0.05) is 30.5 Å². The van der Waals surface area contributed by atoms with Gasteiger partial charge in [0.1, 0.15) is 18.1 Å². The molecule has 1 aliphatic carbocycles. The smallest absolute Gasteiger partial charge is 0.317 e. The third kappa shape index (κ3) is 5.09. The van der Waals surface area contributed by atoms with E-state index in [-0.39, 0.29) is 35.1 Å². The number of halogens is 1. The van der Waals surface area contributed by atoms with Crippen molar-refractivity contribution in [2.75, 3.05) is 6.61 Å². The predicted octanol–water partition coefficient (Wildman–Crippen LogP) is 3.81. The van der Waals surface area contributed by atoms with Gasteiger partial charge in [0.05, 0.1) is 5.02 Å². The molecule has 2 unspecified atom stereocenters. The lowest BCUT2D eigenvalue weighted by molar-refractivity contribution is -0.185. The van der Waals surface area contributed by atoms with Crippen LogP contribution in [0.25, 0.3) is 5.78 Å². The van der Waals surface area contributed by atoms with Crippen LogP contribution in [0.2, 0.25) is 5.02 Å². The van der Waals surface area contributed by atoms with Crippen molar-refractivity contribution >= 4 is 34.9 Å². The van der Waals surface area contributed by atoms with Crippen molar-refractivity contribution in [2.24, 2.45) is 11.8 Å². The molecule has 38 heavy (non-hydrogen) atoms. The number of rotatable bonds is 8. The van der Waals surface area contributed by atoms with E-state index in [1.54, 1.807) is 22.7 Å². The number of hydrogen-bond acceptors (Lipinski definition) is 8. The van der Waals surface area contributed by atoms with Crippen LogP contribution >= 0.6 is 11.6 Å². The molecule has 0 bridgehead atoms. The number of esters is 1. The van der Waals surface area contributed by atoms with Crippen molar-refractivity contribution < 1.29 is 24.2 Å². The molecule has 200 valence electrons. The molecule has 9 nitrogen and oxygen atoms in total. The molecule has 0 spiro atoms. The molecule has 2 fully saturated rings. The summed E-state index contributed by atoms with van der Waals surface area (Å²) in [4.78, 5) is 47.5. The first-order valence-electron chi connectivity index (χ1n) is 13.1. The fraction of sp³-hybridized carbons (Fsp3) is 0.500. The van der Waals surface area contributed by atoms with E-state index in [9.17, 15) is 14.4 Å². The lowest BCUT2D eigenvalue weighted by Gasteiger charge is -2.43. The van der Waals surface area contributed by atoms with Gasteiger partial charge < -0.3 is 9.84 Å². The second-order valence-electron chi connectivity index (χ2n) is 10.5. The van der Waals surface area contributed by atoms with Gasteiger partial charge in [0.25, 0.3) is 5.78 Å². The molecule has 3 aromatic rings. The molecule has 2 atom stereocenters. The number of aryl methyl sites for hydroxylation is 3. The normalized spacial score (nSPS) is 22.3. The summed E-state index contributed by atoms with van der Waals surface area (Å²) in [5.74, 6) is -1.10. The lowest BCUT2D eigenvalue weighted by Crippen LogP contribution is -2.52. The van der Waals surface area contributed by atoms with E-state index in [1.807, 2.05) is 19.9 Å². The van der Waals surface area contributed by atoms with E-state index in [0.29, 0.717) is 24.4 Å². The van der Waals surface area contributed by atoms with Crippen LogP contribution < -0.4 is 0 Å². The number of cyclic esters (lactones) is 1. The molecule has 1 N–H and O–H groups in total. The molecule has 0 radical (unpaired) electrons. The topological polar surface area (TPSA) is 124 Å². The van der Waals surface area contributed by atoms with Gasteiger partial charge in [-0.05, 0) is 69.2 Å². The summed E-state index contributed by atoms with van der Waals surface area (Å²) in [7, 11) is 0. The molecule has 0 amide bonds. The van der Waals surface area contributed by atoms with E-state index < -0.39 is 29.9 Å². The third-order valence-electron chi connectivity index (χ3n) is 7.91. The van der Waals surface area contributed by atoms with Crippen LogP contribution in [0.4, 0.5) is 0 Å². The number of carbonyl (C=O) groups is 3. The highest BCUT2D eigenvalue weighted by Crippen LogP contribution is 2.45. The zero-order valence-electron chi connectivity index (χ0n) is 21.6. The van der Waals surface area contributed by atoms with Gasteiger partial charge in [0.2, 0.25) is 0 Å². The number of fused-ring (bicyclic) bond motifs is 1. The second kappa shape index (κ2) is 10.5. The minimum atomic E-state index is -0.943. The van der Waals surface area contributed by atoms with E-state index in [0.717, 1.165) is 42.6 Å². The fourth-order valence-corrected chi connectivity index (χ4v) is 6.24. The number of benzene rings is 1. The number of carbonyl (C=O) groups excluding carboxylic acids is 3. The third-order valence-corrected chi connectivity index (χ3v) is 8.23. The molecule has 1 aliphatic heterocycles. The van der Waals surface area contributed by atoms with Crippen molar-refractivity contribution in [3.8, 4) is 0 Å². The molecule has 3 heterocycles. The Balaban J connectivity index is 1.34. The highest BCUT2D eigenvalue weighted by molar-refractivity contribution is 6.34. The maximum atomic E-state index is 13.5. The molecule has 1 aromatic carbocycles. The van der Waals surface area contributed by atoms with Crippen LogP contribution in [0.15, 0.2) is 24.3 Å². The maximum Gasteiger partial charge on any atom is 0.317 e. The number of hydrogen-bond donors (Lipinski definition) is 1. The van der Waals surface area contributed by atoms with Gasteiger partial charge in [-0.15, -0.1) is 5.10 Å². The van der Waals surface area contributed by atoms with Crippen LogP contribution in [-0.4, -0.2) is 54.4 Å². The zero-order valence-corrected chi connectivity index (χ0v) is 22.3. The summed E-state index contributed by atoms with van der Waals surface area (Å²) in [6.07, 6.45) is 5.17. The van der Waals surface area contributed by atoms with Crippen LogP contribution in [-0.2, 0) is 27.2 Å². The SMILES string of the molecule is Cc1cc(C)n2nc(CC3C(=O)CC(CCc4ccc(C(=O)CO)c(Cl)c4)(C4CCCC4)OC3=O)nc2n1. The Bertz CT molecular complexity index is 1390. The van der Waals surface area contributed by atoms with Gasteiger partial charge in [-0.3, -0.25) is 14.4 Å².